The highest BCUT2D eigenvalue weighted by molar-refractivity contribution is 9.10. The molecule has 0 bridgehead atoms. The van der Waals surface area contributed by atoms with Crippen LogP contribution in [0.5, 0.6) is 0 Å². The zero-order valence-corrected chi connectivity index (χ0v) is 11.0. The maximum Gasteiger partial charge on any atom is 0.0641 e. The van der Waals surface area contributed by atoms with E-state index in [2.05, 4.69) is 26.2 Å². The van der Waals surface area contributed by atoms with Gasteiger partial charge in [-0.15, -0.1) is 0 Å². The van der Waals surface area contributed by atoms with Gasteiger partial charge in [0.1, 0.15) is 0 Å². The third-order valence-electron chi connectivity index (χ3n) is 2.11. The Hall–Kier alpha value is -1.06. The highest BCUT2D eigenvalue weighted by atomic mass is 79.9. The molecule has 0 amide bonds. The van der Waals surface area contributed by atoms with Crippen molar-refractivity contribution in [3.8, 4) is 0 Å². The molecular weight excluding hydrogens is 288 g/mol. The van der Waals surface area contributed by atoms with Crippen molar-refractivity contribution in [3.05, 3.63) is 51.7 Å². The summed E-state index contributed by atoms with van der Waals surface area (Å²) in [6.07, 6.45) is 3.49. The van der Waals surface area contributed by atoms with Gasteiger partial charge in [0.05, 0.1) is 22.6 Å². The topological polar surface area (TPSA) is 24.9 Å². The number of nitrogens with zero attached hydrogens (tertiary/aromatic N) is 1. The predicted octanol–water partition coefficient (Wildman–Crippen LogP) is 4.55. The predicted molar refractivity (Wildman–Crippen MR) is 71.4 cm³/mol. The number of rotatable bonds is 2. The Balaban J connectivity index is 2.30. The molecule has 0 fully saturated rings. The maximum atomic E-state index is 6.09. The average molecular weight is 298 g/mol. The number of aromatic nitrogens is 1. The number of hydrogen-bond donors (Lipinski definition) is 1. The molecule has 82 valence electrons. The molecule has 0 unspecified atom stereocenters. The molecule has 2 nitrogen and oxygen atoms in total. The first-order chi connectivity index (χ1) is 7.65. The van der Waals surface area contributed by atoms with E-state index >= 15 is 0 Å². The van der Waals surface area contributed by atoms with E-state index in [0.717, 1.165) is 21.4 Å². The molecule has 0 atom stereocenters. The summed E-state index contributed by atoms with van der Waals surface area (Å²) in [5.74, 6) is 0. The normalized spacial score (nSPS) is 10.2. The maximum absolute atomic E-state index is 6.09. The summed E-state index contributed by atoms with van der Waals surface area (Å²) >= 11 is 9.46. The lowest BCUT2D eigenvalue weighted by Crippen LogP contribution is -1.92. The number of hydrogen-bond acceptors (Lipinski definition) is 2. The van der Waals surface area contributed by atoms with Crippen LogP contribution in [-0.4, -0.2) is 4.98 Å². The molecule has 0 aliphatic carbocycles. The van der Waals surface area contributed by atoms with E-state index < -0.39 is 0 Å². The summed E-state index contributed by atoms with van der Waals surface area (Å²) < 4.78 is 0.932. The second-order valence-corrected chi connectivity index (χ2v) is 4.82. The minimum Gasteiger partial charge on any atom is -0.353 e. The Morgan fingerprint density at radius 2 is 2.06 bits per heavy atom. The van der Waals surface area contributed by atoms with Crippen LogP contribution in [0.25, 0.3) is 0 Å². The molecule has 1 aromatic heterocycles. The molecule has 16 heavy (non-hydrogen) atoms. The average Bonchev–Trinajstić information content (AvgIpc) is 2.24. The second-order valence-electron chi connectivity index (χ2n) is 3.50. The molecule has 0 aliphatic rings. The molecule has 2 rings (SSSR count). The molecule has 1 N–H and O–H groups in total. The molecule has 0 saturated carbocycles. The highest BCUT2D eigenvalue weighted by Crippen LogP contribution is 2.26. The van der Waals surface area contributed by atoms with E-state index in [-0.39, 0.29) is 0 Å². The van der Waals surface area contributed by atoms with Crippen molar-refractivity contribution in [2.45, 2.75) is 6.92 Å². The first-order valence-corrected chi connectivity index (χ1v) is 5.96. The Bertz CT molecular complexity index is 514. The summed E-state index contributed by atoms with van der Waals surface area (Å²) in [7, 11) is 0. The van der Waals surface area contributed by atoms with Crippen LogP contribution >= 0.6 is 27.5 Å². The van der Waals surface area contributed by atoms with Crippen LogP contribution in [0.15, 0.2) is 41.1 Å². The van der Waals surface area contributed by atoms with Gasteiger partial charge in [0.15, 0.2) is 0 Å². The minimum atomic E-state index is 0.700. The number of anilines is 2. The highest BCUT2D eigenvalue weighted by Gasteiger charge is 2.01. The van der Waals surface area contributed by atoms with Crippen molar-refractivity contribution in [3.63, 3.8) is 0 Å². The van der Waals surface area contributed by atoms with Crippen molar-refractivity contribution < 1.29 is 0 Å². The Morgan fingerprint density at radius 1 is 1.25 bits per heavy atom. The first kappa shape index (κ1) is 11.4. The number of aryl methyl sites for hydroxylation is 1. The van der Waals surface area contributed by atoms with Crippen LogP contribution in [0.3, 0.4) is 0 Å². The van der Waals surface area contributed by atoms with Crippen LogP contribution in [0.4, 0.5) is 11.4 Å². The van der Waals surface area contributed by atoms with Crippen molar-refractivity contribution in [1.29, 1.82) is 0 Å². The number of nitrogens with one attached hydrogen (secondary N) is 1. The van der Waals surface area contributed by atoms with E-state index in [1.807, 2.05) is 31.2 Å². The minimum absolute atomic E-state index is 0.700. The van der Waals surface area contributed by atoms with Crippen molar-refractivity contribution in [2.75, 3.05) is 5.32 Å². The summed E-state index contributed by atoms with van der Waals surface area (Å²) in [6.45, 7) is 2.03. The molecule has 4 heteroatoms. The molecule has 1 heterocycles. The van der Waals surface area contributed by atoms with Crippen LogP contribution in [0.2, 0.25) is 5.02 Å². The molecular formula is C12H10BrClN2. The first-order valence-electron chi connectivity index (χ1n) is 4.79. The van der Waals surface area contributed by atoms with Crippen molar-refractivity contribution in [1.82, 2.24) is 4.98 Å². The lowest BCUT2D eigenvalue weighted by Gasteiger charge is -2.09. The SMILES string of the molecule is Cc1ccc(Cl)c(Nc2cncc(Br)c2)c1. The summed E-state index contributed by atoms with van der Waals surface area (Å²) in [4.78, 5) is 4.08. The lowest BCUT2D eigenvalue weighted by molar-refractivity contribution is 1.30. The molecule has 2 aromatic rings. The quantitative estimate of drug-likeness (QED) is 0.879. The monoisotopic (exact) mass is 296 g/mol. The van der Waals surface area contributed by atoms with Crippen LogP contribution in [0.1, 0.15) is 5.56 Å². The van der Waals surface area contributed by atoms with Gasteiger partial charge in [0.25, 0.3) is 0 Å². The van der Waals surface area contributed by atoms with Crippen LogP contribution in [0, 0.1) is 6.92 Å². The zero-order chi connectivity index (χ0) is 11.5. The molecule has 0 saturated heterocycles. The van der Waals surface area contributed by atoms with E-state index in [0.29, 0.717) is 5.02 Å². The fourth-order valence-electron chi connectivity index (χ4n) is 1.37. The number of pyridine rings is 1. The standard InChI is InChI=1S/C12H10BrClN2/c1-8-2-3-11(14)12(4-8)16-10-5-9(13)6-15-7-10/h2-7,16H,1H3. The largest absolute Gasteiger partial charge is 0.353 e. The van der Waals surface area contributed by atoms with Crippen LogP contribution < -0.4 is 5.32 Å². The van der Waals surface area contributed by atoms with Gasteiger partial charge in [-0.25, -0.2) is 0 Å². The van der Waals surface area contributed by atoms with Gasteiger partial charge in [0.2, 0.25) is 0 Å². The number of halogens is 2. The fourth-order valence-corrected chi connectivity index (χ4v) is 1.90. The van der Waals surface area contributed by atoms with E-state index in [9.17, 15) is 0 Å². The second kappa shape index (κ2) is 4.85. The van der Waals surface area contributed by atoms with Gasteiger partial charge in [-0.3, -0.25) is 4.98 Å². The number of benzene rings is 1. The smallest absolute Gasteiger partial charge is 0.0641 e. The van der Waals surface area contributed by atoms with Gasteiger partial charge in [-0.1, -0.05) is 17.7 Å². The molecule has 0 radical (unpaired) electrons. The van der Waals surface area contributed by atoms with Crippen molar-refractivity contribution >= 4 is 38.9 Å². The van der Waals surface area contributed by atoms with E-state index in [1.165, 1.54) is 0 Å². The fraction of sp³-hybridized carbons (Fsp3) is 0.0833. The van der Waals surface area contributed by atoms with Gasteiger partial charge in [-0.2, -0.15) is 0 Å². The van der Waals surface area contributed by atoms with E-state index in [1.54, 1.807) is 12.4 Å². The molecule has 1 aromatic carbocycles. The van der Waals surface area contributed by atoms with E-state index in [4.69, 9.17) is 11.6 Å². The molecule has 0 aliphatic heterocycles. The third-order valence-corrected chi connectivity index (χ3v) is 2.87. The van der Waals surface area contributed by atoms with Gasteiger partial charge < -0.3 is 5.32 Å². The summed E-state index contributed by atoms with van der Waals surface area (Å²) in [5.41, 5.74) is 2.96. The summed E-state index contributed by atoms with van der Waals surface area (Å²) in [5, 5.41) is 3.93. The third kappa shape index (κ3) is 2.74. The van der Waals surface area contributed by atoms with Crippen molar-refractivity contribution in [2.24, 2.45) is 0 Å². The van der Waals surface area contributed by atoms with Gasteiger partial charge in [0, 0.05) is 10.7 Å². The summed E-state index contributed by atoms with van der Waals surface area (Å²) in [6, 6.07) is 7.81. The Kier molecular flexibility index (Phi) is 3.46. The lowest BCUT2D eigenvalue weighted by atomic mass is 10.2. The Labute approximate surface area is 108 Å². The van der Waals surface area contributed by atoms with Gasteiger partial charge >= 0.3 is 0 Å². The van der Waals surface area contributed by atoms with Gasteiger partial charge in [-0.05, 0) is 46.6 Å². The zero-order valence-electron chi connectivity index (χ0n) is 8.67. The van der Waals surface area contributed by atoms with Crippen LogP contribution in [-0.2, 0) is 0 Å². The Morgan fingerprint density at radius 3 is 2.81 bits per heavy atom. The molecule has 0 spiro atoms.